The van der Waals surface area contributed by atoms with E-state index in [-0.39, 0.29) is 11.6 Å². The molecule has 1 saturated carbocycles. The summed E-state index contributed by atoms with van der Waals surface area (Å²) in [4.78, 5) is 39.2. The van der Waals surface area contributed by atoms with Crippen LogP contribution >= 0.6 is 38.5 Å². The van der Waals surface area contributed by atoms with Crippen molar-refractivity contribution >= 4 is 62.4 Å². The van der Waals surface area contributed by atoms with Gasteiger partial charge in [-0.1, -0.05) is 40.9 Å². The van der Waals surface area contributed by atoms with Crippen LogP contribution in [0.15, 0.2) is 46.4 Å². The van der Waals surface area contributed by atoms with Crippen LogP contribution in [0.25, 0.3) is 6.08 Å². The van der Waals surface area contributed by atoms with Crippen molar-refractivity contribution < 1.29 is 23.9 Å². The minimum Gasteiger partial charge on any atom is -0.490 e. The molecule has 0 unspecified atom stereocenters. The minimum absolute atomic E-state index is 0.0618. The number of halogens is 2. The van der Waals surface area contributed by atoms with Crippen molar-refractivity contribution in [1.82, 2.24) is 10.2 Å². The van der Waals surface area contributed by atoms with E-state index in [1.165, 1.54) is 11.0 Å². The average Bonchev–Trinajstić information content (AvgIpc) is 3.32. The Bertz CT molecular complexity index is 1140. The van der Waals surface area contributed by atoms with Gasteiger partial charge in [0.2, 0.25) is 0 Å². The molecule has 1 aliphatic heterocycles. The molecule has 0 aromatic heterocycles. The van der Waals surface area contributed by atoms with Crippen LogP contribution in [0.1, 0.15) is 43.7 Å². The molecule has 1 saturated heterocycles. The fourth-order valence-electron chi connectivity index (χ4n) is 4.14. The number of hydrogen-bond donors (Lipinski definition) is 1. The molecule has 7 nitrogen and oxygen atoms in total. The second-order valence-corrected chi connectivity index (χ2v) is 10.2. The Balaban J connectivity index is 1.61. The van der Waals surface area contributed by atoms with Crippen molar-refractivity contribution in [2.24, 2.45) is 0 Å². The average molecular weight is 639 g/mol. The number of barbiturate groups is 1. The van der Waals surface area contributed by atoms with Crippen LogP contribution in [0.2, 0.25) is 0 Å². The predicted octanol–water partition coefficient (Wildman–Crippen LogP) is 5.44. The maximum Gasteiger partial charge on any atom is 0.331 e. The monoisotopic (exact) mass is 638 g/mol. The van der Waals surface area contributed by atoms with Crippen LogP contribution in [0.4, 0.5) is 4.79 Å². The third-order valence-corrected chi connectivity index (χ3v) is 7.09. The summed E-state index contributed by atoms with van der Waals surface area (Å²) in [6.45, 7) is 2.66. The number of rotatable bonds is 7. The molecule has 4 amide bonds. The van der Waals surface area contributed by atoms with E-state index in [0.29, 0.717) is 30.3 Å². The van der Waals surface area contributed by atoms with E-state index >= 15 is 0 Å². The number of amides is 4. The highest BCUT2D eigenvalue weighted by molar-refractivity contribution is 14.1. The number of hydrogen-bond acceptors (Lipinski definition) is 5. The largest absolute Gasteiger partial charge is 0.490 e. The van der Waals surface area contributed by atoms with Crippen LogP contribution in [0.3, 0.4) is 0 Å². The maximum absolute atomic E-state index is 13.1. The van der Waals surface area contributed by atoms with Crippen molar-refractivity contribution in [2.45, 2.75) is 45.3 Å². The maximum atomic E-state index is 13.1. The number of nitrogens with zero attached hydrogens (tertiary/aromatic N) is 1. The molecule has 34 heavy (non-hydrogen) atoms. The van der Waals surface area contributed by atoms with Crippen LogP contribution in [0, 0.1) is 3.57 Å². The Hall–Kier alpha value is -2.40. The van der Waals surface area contributed by atoms with E-state index in [4.69, 9.17) is 9.47 Å². The SMILES string of the molecule is CCOc1cc(/C=C2\C(=O)NC(=O)N(C3CCCC3)C2=O)cc(I)c1OCc1ccc(Br)cc1. The third-order valence-electron chi connectivity index (χ3n) is 5.76. The first-order valence-electron chi connectivity index (χ1n) is 11.1. The quantitative estimate of drug-likeness (QED) is 0.248. The van der Waals surface area contributed by atoms with Crippen LogP contribution in [0.5, 0.6) is 11.5 Å². The van der Waals surface area contributed by atoms with Gasteiger partial charge in [-0.3, -0.25) is 19.8 Å². The lowest BCUT2D eigenvalue weighted by Crippen LogP contribution is -2.57. The Morgan fingerprint density at radius 3 is 2.50 bits per heavy atom. The van der Waals surface area contributed by atoms with E-state index in [9.17, 15) is 14.4 Å². The summed E-state index contributed by atoms with van der Waals surface area (Å²) in [5.41, 5.74) is 1.56. The number of nitrogens with one attached hydrogen (secondary N) is 1. The molecule has 2 aromatic carbocycles. The van der Waals surface area contributed by atoms with Gasteiger partial charge in [0.15, 0.2) is 11.5 Å². The molecule has 1 N–H and O–H groups in total. The van der Waals surface area contributed by atoms with E-state index in [0.717, 1.165) is 39.3 Å². The fraction of sp³-hybridized carbons (Fsp3) is 0.320. The highest BCUT2D eigenvalue weighted by Gasteiger charge is 2.40. The molecular weight excluding hydrogens is 615 g/mol. The lowest BCUT2D eigenvalue weighted by Gasteiger charge is -2.31. The first kappa shape index (κ1) is 24.7. The van der Waals surface area contributed by atoms with Gasteiger partial charge in [0.25, 0.3) is 11.8 Å². The van der Waals surface area contributed by atoms with E-state index < -0.39 is 17.8 Å². The third kappa shape index (κ3) is 5.46. The van der Waals surface area contributed by atoms with Crippen molar-refractivity contribution in [2.75, 3.05) is 6.61 Å². The Morgan fingerprint density at radius 2 is 1.82 bits per heavy atom. The first-order chi connectivity index (χ1) is 16.4. The normalized spacial score (nSPS) is 17.9. The number of benzene rings is 2. The predicted molar refractivity (Wildman–Crippen MR) is 139 cm³/mol. The molecule has 1 aliphatic carbocycles. The van der Waals surface area contributed by atoms with Gasteiger partial charge in [-0.05, 0) is 83.8 Å². The Morgan fingerprint density at radius 1 is 1.12 bits per heavy atom. The van der Waals surface area contributed by atoms with Crippen LogP contribution < -0.4 is 14.8 Å². The second-order valence-electron chi connectivity index (χ2n) is 8.11. The zero-order chi connectivity index (χ0) is 24.2. The van der Waals surface area contributed by atoms with Crippen molar-refractivity contribution in [3.05, 3.63) is 61.1 Å². The van der Waals surface area contributed by atoms with Crippen LogP contribution in [-0.2, 0) is 16.2 Å². The molecule has 2 aromatic rings. The summed E-state index contributed by atoms with van der Waals surface area (Å²) in [5.74, 6) is -0.127. The number of ether oxygens (including phenoxy) is 2. The number of imide groups is 2. The number of carbonyl (C=O) groups excluding carboxylic acids is 3. The van der Waals surface area contributed by atoms with Gasteiger partial charge in [-0.25, -0.2) is 4.79 Å². The molecule has 0 atom stereocenters. The molecule has 2 fully saturated rings. The molecule has 0 bridgehead atoms. The van der Waals surface area contributed by atoms with Gasteiger partial charge < -0.3 is 9.47 Å². The molecule has 178 valence electrons. The van der Waals surface area contributed by atoms with Crippen molar-refractivity contribution in [3.8, 4) is 11.5 Å². The Labute approximate surface area is 220 Å². The molecule has 1 heterocycles. The van der Waals surface area contributed by atoms with Crippen molar-refractivity contribution in [3.63, 3.8) is 0 Å². The summed E-state index contributed by atoms with van der Waals surface area (Å²) in [6.07, 6.45) is 4.96. The summed E-state index contributed by atoms with van der Waals surface area (Å²) >= 11 is 5.58. The summed E-state index contributed by atoms with van der Waals surface area (Å²) in [6, 6.07) is 10.6. The minimum atomic E-state index is -0.687. The van der Waals surface area contributed by atoms with Gasteiger partial charge in [-0.15, -0.1) is 0 Å². The van der Waals surface area contributed by atoms with Gasteiger partial charge in [0.05, 0.1) is 10.2 Å². The zero-order valence-corrected chi connectivity index (χ0v) is 22.3. The smallest absolute Gasteiger partial charge is 0.331 e. The highest BCUT2D eigenvalue weighted by atomic mass is 127. The Kier molecular flexibility index (Phi) is 7.92. The topological polar surface area (TPSA) is 84.9 Å². The standard InChI is InChI=1S/C25H24BrIN2O5/c1-2-33-21-13-16(12-20(27)22(21)34-14-15-7-9-17(26)10-8-15)11-19-23(30)28-25(32)29(24(19)31)18-5-3-4-6-18/h7-13,18H,2-6,14H2,1H3,(H,28,30,32)/b19-11+. The first-order valence-corrected chi connectivity index (χ1v) is 13.0. The molecule has 0 spiro atoms. The lowest BCUT2D eigenvalue weighted by atomic mass is 10.0. The number of urea groups is 1. The number of carbonyl (C=O) groups is 3. The molecule has 0 radical (unpaired) electrons. The van der Waals surface area contributed by atoms with Gasteiger partial charge in [0, 0.05) is 10.5 Å². The molecule has 9 heteroatoms. The van der Waals surface area contributed by atoms with E-state index in [2.05, 4.69) is 43.8 Å². The van der Waals surface area contributed by atoms with Crippen molar-refractivity contribution in [1.29, 1.82) is 0 Å². The molecule has 4 rings (SSSR count). The summed E-state index contributed by atoms with van der Waals surface area (Å²) in [7, 11) is 0. The van der Waals surface area contributed by atoms with E-state index in [1.807, 2.05) is 37.3 Å². The summed E-state index contributed by atoms with van der Waals surface area (Å²) < 4.78 is 13.6. The van der Waals surface area contributed by atoms with Crippen LogP contribution in [-0.4, -0.2) is 35.4 Å². The molecule has 2 aliphatic rings. The fourth-order valence-corrected chi connectivity index (χ4v) is 5.19. The van der Waals surface area contributed by atoms with Gasteiger partial charge in [-0.2, -0.15) is 0 Å². The zero-order valence-electron chi connectivity index (χ0n) is 18.6. The summed E-state index contributed by atoms with van der Waals surface area (Å²) in [5, 5.41) is 2.31. The molecular formula is C25H24BrIN2O5. The van der Waals surface area contributed by atoms with Gasteiger partial charge in [0.1, 0.15) is 12.2 Å². The second kappa shape index (κ2) is 10.9. The van der Waals surface area contributed by atoms with Gasteiger partial charge >= 0.3 is 6.03 Å². The highest BCUT2D eigenvalue weighted by Crippen LogP contribution is 2.36. The van der Waals surface area contributed by atoms with E-state index in [1.54, 1.807) is 6.07 Å². The lowest BCUT2D eigenvalue weighted by molar-refractivity contribution is -0.131.